The highest BCUT2D eigenvalue weighted by Gasteiger charge is 2.42. The van der Waals surface area contributed by atoms with E-state index in [9.17, 15) is 17.6 Å². The van der Waals surface area contributed by atoms with E-state index in [4.69, 9.17) is 0 Å². The van der Waals surface area contributed by atoms with E-state index in [2.05, 4.69) is 0 Å². The highest BCUT2D eigenvalue weighted by molar-refractivity contribution is 8.00. The first kappa shape index (κ1) is 18.0. The van der Waals surface area contributed by atoms with Crippen molar-refractivity contribution in [1.82, 2.24) is 9.21 Å². The number of sulfonamides is 1. The van der Waals surface area contributed by atoms with Crippen LogP contribution in [-0.4, -0.2) is 65.8 Å². The van der Waals surface area contributed by atoms with Crippen LogP contribution in [0.1, 0.15) is 5.56 Å². The van der Waals surface area contributed by atoms with Gasteiger partial charge in [0.25, 0.3) is 0 Å². The number of aryl methyl sites for hydroxylation is 1. The lowest BCUT2D eigenvalue weighted by Crippen LogP contribution is -2.51. The molecule has 24 heavy (non-hydrogen) atoms. The molecule has 1 aromatic rings. The van der Waals surface area contributed by atoms with E-state index in [0.717, 1.165) is 17.6 Å². The van der Waals surface area contributed by atoms with Crippen LogP contribution in [-0.2, 0) is 14.8 Å². The standard InChI is InChI=1S/C15H19FN2O3S3/c1-11-8-12(16)2-3-14(11)24(20,21)18-10-23-9-13(18)15(19)17-4-6-22-7-5-17/h2-3,8,13H,4-7,9-10H2,1H3. The summed E-state index contributed by atoms with van der Waals surface area (Å²) in [5.41, 5.74) is 0.354. The lowest BCUT2D eigenvalue weighted by molar-refractivity contribution is -0.133. The Bertz CT molecular complexity index is 735. The van der Waals surface area contributed by atoms with Gasteiger partial charge in [0.15, 0.2) is 0 Å². The van der Waals surface area contributed by atoms with Crippen molar-refractivity contribution in [3.8, 4) is 0 Å². The number of nitrogens with zero attached hydrogens (tertiary/aromatic N) is 2. The van der Waals surface area contributed by atoms with Crippen molar-refractivity contribution >= 4 is 39.5 Å². The van der Waals surface area contributed by atoms with Gasteiger partial charge in [-0.3, -0.25) is 4.79 Å². The average Bonchev–Trinajstić information content (AvgIpc) is 3.05. The molecule has 1 aromatic carbocycles. The molecule has 2 aliphatic heterocycles. The number of benzene rings is 1. The van der Waals surface area contributed by atoms with Crippen LogP contribution in [0.2, 0.25) is 0 Å². The maximum Gasteiger partial charge on any atom is 0.244 e. The number of thioether (sulfide) groups is 2. The van der Waals surface area contributed by atoms with Gasteiger partial charge < -0.3 is 4.90 Å². The summed E-state index contributed by atoms with van der Waals surface area (Å²) in [4.78, 5) is 14.6. The molecular formula is C15H19FN2O3S3. The van der Waals surface area contributed by atoms with E-state index in [1.165, 1.54) is 28.2 Å². The average molecular weight is 391 g/mol. The van der Waals surface area contributed by atoms with Crippen LogP contribution in [0, 0.1) is 12.7 Å². The second-order valence-electron chi connectivity index (χ2n) is 5.76. The SMILES string of the molecule is Cc1cc(F)ccc1S(=O)(=O)N1CSCC1C(=O)N1CCSCC1. The van der Waals surface area contributed by atoms with Crippen molar-refractivity contribution in [3.63, 3.8) is 0 Å². The molecule has 2 aliphatic rings. The molecule has 1 unspecified atom stereocenters. The number of hydrogen-bond donors (Lipinski definition) is 0. The molecule has 3 rings (SSSR count). The van der Waals surface area contributed by atoms with Gasteiger partial charge in [-0.15, -0.1) is 11.8 Å². The zero-order valence-corrected chi connectivity index (χ0v) is 15.7. The van der Waals surface area contributed by atoms with E-state index in [1.54, 1.807) is 23.6 Å². The number of rotatable bonds is 3. The first-order chi connectivity index (χ1) is 11.4. The molecule has 0 aromatic heterocycles. The molecule has 0 N–H and O–H groups in total. The molecule has 0 bridgehead atoms. The van der Waals surface area contributed by atoms with E-state index in [1.807, 2.05) is 0 Å². The van der Waals surface area contributed by atoms with Crippen molar-refractivity contribution < 1.29 is 17.6 Å². The molecule has 132 valence electrons. The Morgan fingerprint density at radius 3 is 2.62 bits per heavy atom. The van der Waals surface area contributed by atoms with Crippen molar-refractivity contribution in [2.75, 3.05) is 36.2 Å². The van der Waals surface area contributed by atoms with Crippen LogP contribution in [0.4, 0.5) is 4.39 Å². The van der Waals surface area contributed by atoms with E-state index >= 15 is 0 Å². The maximum absolute atomic E-state index is 13.3. The maximum atomic E-state index is 13.3. The predicted molar refractivity (Wildman–Crippen MR) is 95.2 cm³/mol. The van der Waals surface area contributed by atoms with Gasteiger partial charge in [0.2, 0.25) is 15.9 Å². The fourth-order valence-corrected chi connectivity index (χ4v) is 7.13. The van der Waals surface area contributed by atoms with Crippen LogP contribution in [0.25, 0.3) is 0 Å². The summed E-state index contributed by atoms with van der Waals surface area (Å²) in [6, 6.07) is 2.95. The minimum atomic E-state index is -3.83. The topological polar surface area (TPSA) is 57.7 Å². The predicted octanol–water partition coefficient (Wildman–Crippen LogP) is 1.77. The second kappa shape index (κ2) is 7.23. The van der Waals surface area contributed by atoms with E-state index < -0.39 is 21.9 Å². The Labute approximate surface area is 150 Å². The summed E-state index contributed by atoms with van der Waals surface area (Å²) in [6.45, 7) is 2.89. The molecule has 2 saturated heterocycles. The monoisotopic (exact) mass is 390 g/mol. The van der Waals surface area contributed by atoms with Crippen LogP contribution < -0.4 is 0 Å². The van der Waals surface area contributed by atoms with Gasteiger partial charge in [-0.25, -0.2) is 12.8 Å². The summed E-state index contributed by atoms with van der Waals surface area (Å²) in [5, 5.41) is 0. The normalized spacial score (nSPS) is 22.8. The zero-order chi connectivity index (χ0) is 17.3. The highest BCUT2D eigenvalue weighted by Crippen LogP contribution is 2.31. The quantitative estimate of drug-likeness (QED) is 0.787. The minimum Gasteiger partial charge on any atom is -0.340 e. The molecule has 0 spiro atoms. The molecular weight excluding hydrogens is 371 g/mol. The summed E-state index contributed by atoms with van der Waals surface area (Å²) >= 11 is 3.23. The molecule has 1 amide bonds. The summed E-state index contributed by atoms with van der Waals surface area (Å²) < 4.78 is 40.5. The van der Waals surface area contributed by atoms with Crippen molar-refractivity contribution in [2.45, 2.75) is 17.9 Å². The molecule has 2 heterocycles. The Morgan fingerprint density at radius 2 is 1.96 bits per heavy atom. The third-order valence-electron chi connectivity index (χ3n) is 4.17. The van der Waals surface area contributed by atoms with Gasteiger partial charge in [-0.2, -0.15) is 16.1 Å². The Kier molecular flexibility index (Phi) is 5.43. The van der Waals surface area contributed by atoms with E-state index in [0.29, 0.717) is 24.4 Å². The van der Waals surface area contributed by atoms with Crippen LogP contribution in [0.3, 0.4) is 0 Å². The zero-order valence-electron chi connectivity index (χ0n) is 13.3. The first-order valence-electron chi connectivity index (χ1n) is 7.63. The van der Waals surface area contributed by atoms with Crippen molar-refractivity contribution in [1.29, 1.82) is 0 Å². The van der Waals surface area contributed by atoms with Gasteiger partial charge >= 0.3 is 0 Å². The Balaban J connectivity index is 1.87. The second-order valence-corrected chi connectivity index (χ2v) is 9.84. The fraction of sp³-hybridized carbons (Fsp3) is 0.533. The third kappa shape index (κ3) is 3.44. The highest BCUT2D eigenvalue weighted by atomic mass is 32.2. The summed E-state index contributed by atoms with van der Waals surface area (Å²) in [5.74, 6) is 1.88. The smallest absolute Gasteiger partial charge is 0.244 e. The molecule has 2 fully saturated rings. The molecule has 0 radical (unpaired) electrons. The number of halogens is 1. The van der Waals surface area contributed by atoms with E-state index in [-0.39, 0.29) is 16.7 Å². The number of carbonyl (C=O) groups excluding carboxylic acids is 1. The molecule has 5 nitrogen and oxygen atoms in total. The third-order valence-corrected chi connectivity index (χ3v) is 8.31. The summed E-state index contributed by atoms with van der Waals surface area (Å²) in [7, 11) is -3.83. The van der Waals surface area contributed by atoms with Gasteiger partial charge in [-0.1, -0.05) is 0 Å². The lowest BCUT2D eigenvalue weighted by atomic mass is 10.2. The molecule has 9 heteroatoms. The number of carbonyl (C=O) groups is 1. The van der Waals surface area contributed by atoms with Gasteiger partial charge in [-0.05, 0) is 30.7 Å². The number of hydrogen-bond acceptors (Lipinski definition) is 5. The number of amides is 1. The first-order valence-corrected chi connectivity index (χ1v) is 11.4. The Morgan fingerprint density at radius 1 is 1.25 bits per heavy atom. The largest absolute Gasteiger partial charge is 0.340 e. The summed E-state index contributed by atoms with van der Waals surface area (Å²) in [6.07, 6.45) is 0. The van der Waals surface area contributed by atoms with Crippen LogP contribution >= 0.6 is 23.5 Å². The van der Waals surface area contributed by atoms with Gasteiger partial charge in [0.05, 0.1) is 10.8 Å². The Hall–Kier alpha value is -0.770. The van der Waals surface area contributed by atoms with Crippen molar-refractivity contribution in [2.24, 2.45) is 0 Å². The minimum absolute atomic E-state index is 0.0680. The van der Waals surface area contributed by atoms with Crippen LogP contribution in [0.15, 0.2) is 23.1 Å². The van der Waals surface area contributed by atoms with Gasteiger partial charge in [0, 0.05) is 30.3 Å². The lowest BCUT2D eigenvalue weighted by Gasteiger charge is -2.31. The fourth-order valence-electron chi connectivity index (χ4n) is 2.88. The van der Waals surface area contributed by atoms with Crippen LogP contribution in [0.5, 0.6) is 0 Å². The molecule has 1 atom stereocenters. The molecule has 0 saturated carbocycles. The van der Waals surface area contributed by atoms with Gasteiger partial charge in [0.1, 0.15) is 11.9 Å². The van der Waals surface area contributed by atoms with Crippen molar-refractivity contribution in [3.05, 3.63) is 29.6 Å². The molecule has 0 aliphatic carbocycles.